The second-order valence-electron chi connectivity index (χ2n) is 2.50. The van der Waals surface area contributed by atoms with E-state index in [1.807, 2.05) is 0 Å². The fourth-order valence-electron chi connectivity index (χ4n) is 0.792. The van der Waals surface area contributed by atoms with Crippen LogP contribution < -0.4 is 16.4 Å². The first kappa shape index (κ1) is 9.97. The number of aromatic nitrogens is 1. The Bertz CT molecular complexity index is 347. The Morgan fingerprint density at radius 3 is 2.57 bits per heavy atom. The van der Waals surface area contributed by atoms with E-state index in [0.29, 0.717) is 11.4 Å². The summed E-state index contributed by atoms with van der Waals surface area (Å²) >= 11 is 0. The van der Waals surface area contributed by atoms with E-state index >= 15 is 0 Å². The first-order chi connectivity index (χ1) is 6.63. The van der Waals surface area contributed by atoms with Gasteiger partial charge in [-0.05, 0) is 12.1 Å². The monoisotopic (exact) mass is 194 g/mol. The summed E-state index contributed by atoms with van der Waals surface area (Å²) in [4.78, 5) is 25.3. The molecule has 0 radical (unpaired) electrons. The van der Waals surface area contributed by atoms with E-state index in [2.05, 4.69) is 15.6 Å². The van der Waals surface area contributed by atoms with Crippen molar-refractivity contribution < 1.29 is 9.59 Å². The summed E-state index contributed by atoms with van der Waals surface area (Å²) in [5.41, 5.74) is 5.31. The number of anilines is 1. The predicted octanol–water partition coefficient (Wildman–Crippen LogP) is -0.0682. The molecule has 0 aliphatic carbocycles. The number of carbonyl (C=O) groups is 2. The van der Waals surface area contributed by atoms with Crippen LogP contribution in [0.5, 0.6) is 0 Å². The number of amides is 3. The number of nitrogens with zero attached hydrogens (tertiary/aromatic N) is 1. The topological polar surface area (TPSA) is 97.1 Å². The third kappa shape index (κ3) is 2.44. The molecule has 1 rings (SSSR count). The molecule has 0 fully saturated rings. The van der Waals surface area contributed by atoms with Crippen molar-refractivity contribution in [3.8, 4) is 0 Å². The van der Waals surface area contributed by atoms with Gasteiger partial charge in [0, 0.05) is 13.2 Å². The number of primary amides is 1. The number of rotatable bonds is 2. The van der Waals surface area contributed by atoms with Crippen molar-refractivity contribution in [2.75, 3.05) is 12.4 Å². The zero-order valence-electron chi connectivity index (χ0n) is 7.57. The molecule has 1 aromatic rings. The van der Waals surface area contributed by atoms with Gasteiger partial charge in [0.25, 0.3) is 0 Å². The minimum atomic E-state index is -0.552. The van der Waals surface area contributed by atoms with Gasteiger partial charge in [-0.25, -0.2) is 9.78 Å². The fraction of sp³-hybridized carbons (Fsp3) is 0.125. The number of carbonyl (C=O) groups excluding carboxylic acids is 2. The second-order valence-corrected chi connectivity index (χ2v) is 2.50. The summed E-state index contributed by atoms with van der Waals surface area (Å²) in [6.45, 7) is 0. The molecule has 0 saturated heterocycles. The average molecular weight is 194 g/mol. The molecule has 0 aromatic carbocycles. The molecular weight excluding hydrogens is 184 g/mol. The van der Waals surface area contributed by atoms with Crippen LogP contribution >= 0.6 is 0 Å². The van der Waals surface area contributed by atoms with Crippen molar-refractivity contribution in [2.45, 2.75) is 0 Å². The van der Waals surface area contributed by atoms with Crippen molar-refractivity contribution in [3.63, 3.8) is 0 Å². The van der Waals surface area contributed by atoms with E-state index in [-0.39, 0.29) is 6.03 Å². The second kappa shape index (κ2) is 4.22. The zero-order valence-corrected chi connectivity index (χ0v) is 7.57. The lowest BCUT2D eigenvalue weighted by molar-refractivity contribution is 0.1000. The normalized spacial score (nSPS) is 9.21. The highest BCUT2D eigenvalue weighted by molar-refractivity contribution is 5.93. The molecule has 3 amide bonds. The van der Waals surface area contributed by atoms with Gasteiger partial charge in [0.05, 0.1) is 5.56 Å². The summed E-state index contributed by atoms with van der Waals surface area (Å²) in [5.74, 6) is -0.196. The first-order valence-corrected chi connectivity index (χ1v) is 3.88. The Kier molecular flexibility index (Phi) is 3.01. The van der Waals surface area contributed by atoms with E-state index in [0.717, 1.165) is 0 Å². The quantitative estimate of drug-likeness (QED) is 0.614. The third-order valence-electron chi connectivity index (χ3n) is 1.52. The van der Waals surface area contributed by atoms with Crippen molar-refractivity contribution in [1.29, 1.82) is 0 Å². The molecule has 6 nitrogen and oxygen atoms in total. The molecule has 1 heterocycles. The molecule has 0 bridgehead atoms. The van der Waals surface area contributed by atoms with Crippen molar-refractivity contribution in [2.24, 2.45) is 5.73 Å². The minimum Gasteiger partial charge on any atom is -0.366 e. The molecular formula is C8H10N4O2. The van der Waals surface area contributed by atoms with Crippen molar-refractivity contribution in [3.05, 3.63) is 23.9 Å². The van der Waals surface area contributed by atoms with E-state index in [4.69, 9.17) is 5.73 Å². The van der Waals surface area contributed by atoms with E-state index < -0.39 is 5.91 Å². The van der Waals surface area contributed by atoms with E-state index in [9.17, 15) is 9.59 Å². The molecule has 4 N–H and O–H groups in total. The minimum absolute atomic E-state index is 0.299. The van der Waals surface area contributed by atoms with Crippen molar-refractivity contribution in [1.82, 2.24) is 10.3 Å². The third-order valence-corrected chi connectivity index (χ3v) is 1.52. The van der Waals surface area contributed by atoms with Crippen LogP contribution in [0, 0.1) is 0 Å². The van der Waals surface area contributed by atoms with Gasteiger partial charge in [0.1, 0.15) is 5.82 Å². The van der Waals surface area contributed by atoms with Gasteiger partial charge in [0.15, 0.2) is 0 Å². The van der Waals surface area contributed by atoms with Crippen LogP contribution in [0.25, 0.3) is 0 Å². The maximum Gasteiger partial charge on any atom is 0.320 e. The fourth-order valence-corrected chi connectivity index (χ4v) is 0.792. The highest BCUT2D eigenvalue weighted by Gasteiger charge is 2.02. The lowest BCUT2D eigenvalue weighted by Gasteiger charge is -2.02. The number of nitrogens with one attached hydrogen (secondary N) is 2. The summed E-state index contributed by atoms with van der Waals surface area (Å²) in [7, 11) is 1.49. The largest absolute Gasteiger partial charge is 0.366 e. The molecule has 0 saturated carbocycles. The smallest absolute Gasteiger partial charge is 0.320 e. The molecule has 1 aromatic heterocycles. The molecule has 0 spiro atoms. The SMILES string of the molecule is CNC(=O)Nc1ccc(C(N)=O)cn1. The molecule has 0 unspecified atom stereocenters. The van der Waals surface area contributed by atoms with Gasteiger partial charge < -0.3 is 11.1 Å². The Balaban J connectivity index is 2.73. The summed E-state index contributed by atoms with van der Waals surface area (Å²) in [6, 6.07) is 2.61. The Hall–Kier alpha value is -2.11. The summed E-state index contributed by atoms with van der Waals surface area (Å²) in [5, 5.41) is 4.81. The number of hydrogen-bond acceptors (Lipinski definition) is 3. The maximum absolute atomic E-state index is 10.8. The van der Waals surface area contributed by atoms with Crippen LogP contribution in [-0.4, -0.2) is 24.0 Å². The molecule has 0 aliphatic heterocycles. The molecule has 74 valence electrons. The average Bonchev–Trinajstić information content (AvgIpc) is 2.18. The Morgan fingerprint density at radius 1 is 1.43 bits per heavy atom. The molecule has 0 aliphatic rings. The van der Waals surface area contributed by atoms with Crippen molar-refractivity contribution >= 4 is 17.8 Å². The maximum atomic E-state index is 10.8. The summed E-state index contributed by atoms with van der Waals surface area (Å²) in [6.07, 6.45) is 1.30. The Labute approximate surface area is 80.5 Å². The molecule has 14 heavy (non-hydrogen) atoms. The number of urea groups is 1. The van der Waals surface area contributed by atoms with Crippen LogP contribution in [0.4, 0.5) is 10.6 Å². The van der Waals surface area contributed by atoms with Gasteiger partial charge in [-0.1, -0.05) is 0 Å². The van der Waals surface area contributed by atoms with Crippen LogP contribution in [0.15, 0.2) is 18.3 Å². The van der Waals surface area contributed by atoms with Crippen LogP contribution in [-0.2, 0) is 0 Å². The highest BCUT2D eigenvalue weighted by atomic mass is 16.2. The van der Waals surface area contributed by atoms with Gasteiger partial charge >= 0.3 is 6.03 Å². The van der Waals surface area contributed by atoms with Gasteiger partial charge in [-0.2, -0.15) is 0 Å². The Morgan fingerprint density at radius 2 is 2.14 bits per heavy atom. The highest BCUT2D eigenvalue weighted by Crippen LogP contribution is 2.03. The van der Waals surface area contributed by atoms with Crippen LogP contribution in [0.1, 0.15) is 10.4 Å². The van der Waals surface area contributed by atoms with Crippen LogP contribution in [0.2, 0.25) is 0 Å². The molecule has 6 heteroatoms. The standard InChI is InChI=1S/C8H10N4O2/c1-10-8(14)12-6-3-2-5(4-11-6)7(9)13/h2-4H,1H3,(H2,9,13)(H2,10,11,12,14). The van der Waals surface area contributed by atoms with Crippen LogP contribution in [0.3, 0.4) is 0 Å². The van der Waals surface area contributed by atoms with E-state index in [1.54, 1.807) is 0 Å². The number of nitrogens with two attached hydrogens (primary N) is 1. The van der Waals surface area contributed by atoms with Gasteiger partial charge in [0.2, 0.25) is 5.91 Å². The molecule has 0 atom stereocenters. The van der Waals surface area contributed by atoms with Gasteiger partial charge in [-0.15, -0.1) is 0 Å². The number of pyridine rings is 1. The van der Waals surface area contributed by atoms with Gasteiger partial charge in [-0.3, -0.25) is 10.1 Å². The summed E-state index contributed by atoms with van der Waals surface area (Å²) < 4.78 is 0. The lowest BCUT2D eigenvalue weighted by Crippen LogP contribution is -2.25. The zero-order chi connectivity index (χ0) is 10.6. The number of hydrogen-bond donors (Lipinski definition) is 3. The lowest BCUT2D eigenvalue weighted by atomic mass is 10.3. The first-order valence-electron chi connectivity index (χ1n) is 3.88. The van der Waals surface area contributed by atoms with E-state index in [1.165, 1.54) is 25.4 Å². The predicted molar refractivity (Wildman–Crippen MR) is 50.8 cm³/mol.